The fraction of sp³-hybridized carbons (Fsp3) is 0.227. The molecule has 1 heterocycles. The highest BCUT2D eigenvalue weighted by Gasteiger charge is 2.16. The molecular weight excluding hydrogens is 405 g/mol. The van der Waals surface area contributed by atoms with E-state index in [2.05, 4.69) is 10.3 Å². The summed E-state index contributed by atoms with van der Waals surface area (Å²) in [6.45, 7) is 2.40. The van der Waals surface area contributed by atoms with Crippen LogP contribution in [0, 0.1) is 5.82 Å². The summed E-state index contributed by atoms with van der Waals surface area (Å²) in [5.41, 5.74) is 1.94. The monoisotopic (exact) mass is 427 g/mol. The van der Waals surface area contributed by atoms with Crippen molar-refractivity contribution in [3.05, 3.63) is 65.4 Å². The van der Waals surface area contributed by atoms with Gasteiger partial charge in [-0.3, -0.25) is 9.59 Å². The molecular formula is C22H22FN3O3S. The van der Waals surface area contributed by atoms with E-state index in [-0.39, 0.29) is 18.9 Å². The molecule has 0 aliphatic heterocycles. The van der Waals surface area contributed by atoms with Gasteiger partial charge in [0.05, 0.1) is 25.3 Å². The highest BCUT2D eigenvalue weighted by molar-refractivity contribution is 7.13. The largest absolute Gasteiger partial charge is 0.494 e. The molecule has 0 spiro atoms. The second-order valence-electron chi connectivity index (χ2n) is 6.59. The molecule has 0 unspecified atom stereocenters. The number of ether oxygens (including phenoxy) is 1. The van der Waals surface area contributed by atoms with E-state index in [0.29, 0.717) is 18.0 Å². The Morgan fingerprint density at radius 1 is 1.20 bits per heavy atom. The Morgan fingerprint density at radius 3 is 2.67 bits per heavy atom. The quantitative estimate of drug-likeness (QED) is 0.590. The van der Waals surface area contributed by atoms with Gasteiger partial charge in [-0.2, -0.15) is 0 Å². The molecule has 3 aromatic rings. The lowest BCUT2D eigenvalue weighted by Gasteiger charge is -2.16. The summed E-state index contributed by atoms with van der Waals surface area (Å²) < 4.78 is 18.6. The lowest BCUT2D eigenvalue weighted by atomic mass is 10.2. The number of carbonyl (C=O) groups excluding carboxylic acids is 2. The Balaban J connectivity index is 1.54. The number of hydrogen-bond donors (Lipinski definition) is 1. The van der Waals surface area contributed by atoms with E-state index in [1.165, 1.54) is 34.4 Å². The van der Waals surface area contributed by atoms with E-state index in [4.69, 9.17) is 4.74 Å². The lowest BCUT2D eigenvalue weighted by molar-refractivity contribution is -0.132. The van der Waals surface area contributed by atoms with Crippen LogP contribution >= 0.6 is 11.3 Å². The Kier molecular flexibility index (Phi) is 7.13. The summed E-state index contributed by atoms with van der Waals surface area (Å²) >= 11 is 1.46. The van der Waals surface area contributed by atoms with Gasteiger partial charge >= 0.3 is 0 Å². The Morgan fingerprint density at radius 2 is 1.97 bits per heavy atom. The van der Waals surface area contributed by atoms with Crippen molar-refractivity contribution >= 4 is 28.8 Å². The predicted octanol–water partition coefficient (Wildman–Crippen LogP) is 3.99. The van der Waals surface area contributed by atoms with E-state index in [1.54, 1.807) is 13.1 Å². The summed E-state index contributed by atoms with van der Waals surface area (Å²) in [7, 11) is 1.55. The minimum atomic E-state index is -0.441. The second-order valence-corrected chi connectivity index (χ2v) is 7.44. The number of nitrogens with one attached hydrogen (secondary N) is 1. The number of aromatic nitrogens is 1. The first kappa shape index (κ1) is 21.4. The van der Waals surface area contributed by atoms with Gasteiger partial charge in [0.1, 0.15) is 16.6 Å². The van der Waals surface area contributed by atoms with Crippen molar-refractivity contribution in [3.63, 3.8) is 0 Å². The van der Waals surface area contributed by atoms with Crippen LogP contribution in [0.1, 0.15) is 12.6 Å². The molecule has 1 N–H and O–H groups in total. The van der Waals surface area contributed by atoms with Gasteiger partial charge in [0.2, 0.25) is 11.8 Å². The second kappa shape index (κ2) is 9.98. The van der Waals surface area contributed by atoms with Crippen LogP contribution in [-0.2, 0) is 16.0 Å². The third kappa shape index (κ3) is 5.87. The minimum Gasteiger partial charge on any atom is -0.494 e. The number of nitrogens with zero attached hydrogens (tertiary/aromatic N) is 2. The molecule has 30 heavy (non-hydrogen) atoms. The average Bonchev–Trinajstić information content (AvgIpc) is 3.17. The van der Waals surface area contributed by atoms with Gasteiger partial charge in [0, 0.05) is 23.7 Å². The van der Waals surface area contributed by atoms with Gasteiger partial charge in [-0.15, -0.1) is 11.3 Å². The SMILES string of the molecule is CCOc1ccc(-c2nc(CC(=O)N(C)CC(=O)Nc3cccc(F)c3)cs2)cc1. The molecule has 0 radical (unpaired) electrons. The standard InChI is InChI=1S/C22H22FN3O3S/c1-3-29-19-9-7-15(8-10-19)22-25-18(14-30-22)12-21(28)26(2)13-20(27)24-17-6-4-5-16(23)11-17/h4-11,14H,3,12-13H2,1-2H3,(H,24,27). The van der Waals surface area contributed by atoms with Crippen LogP contribution in [0.25, 0.3) is 10.6 Å². The zero-order valence-corrected chi connectivity index (χ0v) is 17.5. The van der Waals surface area contributed by atoms with Gasteiger partial charge in [-0.25, -0.2) is 9.37 Å². The summed E-state index contributed by atoms with van der Waals surface area (Å²) in [6.07, 6.45) is 0.0945. The van der Waals surface area contributed by atoms with Crippen LogP contribution < -0.4 is 10.1 Å². The molecule has 0 bridgehead atoms. The third-order valence-corrected chi connectivity index (χ3v) is 5.15. The maximum Gasteiger partial charge on any atom is 0.243 e. The van der Waals surface area contributed by atoms with Crippen LogP contribution in [0.15, 0.2) is 53.9 Å². The molecule has 0 aliphatic carbocycles. The van der Waals surface area contributed by atoms with Gasteiger partial charge in [-0.1, -0.05) is 6.07 Å². The Hall–Kier alpha value is -3.26. The molecule has 0 saturated carbocycles. The molecule has 0 aliphatic rings. The zero-order valence-electron chi connectivity index (χ0n) is 16.7. The van der Waals surface area contributed by atoms with E-state index >= 15 is 0 Å². The number of thiazole rings is 1. The molecule has 0 saturated heterocycles. The maximum absolute atomic E-state index is 13.2. The van der Waals surface area contributed by atoms with Crippen LogP contribution in [0.4, 0.5) is 10.1 Å². The number of likely N-dealkylation sites (N-methyl/N-ethyl adjacent to an activating group) is 1. The fourth-order valence-electron chi connectivity index (χ4n) is 2.74. The summed E-state index contributed by atoms with van der Waals surface area (Å²) in [6, 6.07) is 13.2. The highest BCUT2D eigenvalue weighted by atomic mass is 32.1. The smallest absolute Gasteiger partial charge is 0.243 e. The molecule has 8 heteroatoms. The first-order valence-corrected chi connectivity index (χ1v) is 10.3. The van der Waals surface area contributed by atoms with Crippen LogP contribution in [0.5, 0.6) is 5.75 Å². The fourth-order valence-corrected chi connectivity index (χ4v) is 3.57. The summed E-state index contributed by atoms with van der Waals surface area (Å²) in [5.74, 6) is -0.270. The average molecular weight is 428 g/mol. The van der Waals surface area contributed by atoms with Crippen molar-refractivity contribution in [2.24, 2.45) is 0 Å². The van der Waals surface area contributed by atoms with Crippen LogP contribution in [0.2, 0.25) is 0 Å². The van der Waals surface area contributed by atoms with Crippen molar-refractivity contribution in [2.45, 2.75) is 13.3 Å². The lowest BCUT2D eigenvalue weighted by Crippen LogP contribution is -2.35. The number of hydrogen-bond acceptors (Lipinski definition) is 5. The first-order chi connectivity index (χ1) is 14.4. The topological polar surface area (TPSA) is 71.5 Å². The summed E-state index contributed by atoms with van der Waals surface area (Å²) in [5, 5.41) is 5.22. The van der Waals surface area contributed by atoms with Crippen molar-refractivity contribution in [1.82, 2.24) is 9.88 Å². The van der Waals surface area contributed by atoms with Gasteiger partial charge in [0.15, 0.2) is 0 Å². The molecule has 0 fully saturated rings. The number of amides is 2. The number of benzene rings is 2. The van der Waals surface area contributed by atoms with Crippen molar-refractivity contribution in [2.75, 3.05) is 25.5 Å². The number of halogens is 1. The van der Waals surface area contributed by atoms with E-state index in [0.717, 1.165) is 16.3 Å². The summed E-state index contributed by atoms with van der Waals surface area (Å²) in [4.78, 5) is 30.4. The number of rotatable bonds is 8. The molecule has 0 atom stereocenters. The van der Waals surface area contributed by atoms with E-state index in [1.807, 2.05) is 36.6 Å². The molecule has 6 nitrogen and oxygen atoms in total. The zero-order chi connectivity index (χ0) is 21.5. The van der Waals surface area contributed by atoms with Crippen molar-refractivity contribution in [1.29, 1.82) is 0 Å². The Labute approximate surface area is 178 Å². The molecule has 1 aromatic heterocycles. The van der Waals surface area contributed by atoms with Gasteiger partial charge in [0.25, 0.3) is 0 Å². The molecule has 2 amide bonds. The highest BCUT2D eigenvalue weighted by Crippen LogP contribution is 2.26. The molecule has 3 rings (SSSR count). The molecule has 156 valence electrons. The number of carbonyl (C=O) groups is 2. The number of anilines is 1. The third-order valence-electron chi connectivity index (χ3n) is 4.21. The molecule has 2 aromatic carbocycles. The first-order valence-electron chi connectivity index (χ1n) is 9.41. The van der Waals surface area contributed by atoms with Crippen LogP contribution in [0.3, 0.4) is 0 Å². The van der Waals surface area contributed by atoms with Crippen molar-refractivity contribution < 1.29 is 18.7 Å². The minimum absolute atomic E-state index is 0.0945. The predicted molar refractivity (Wildman–Crippen MR) is 115 cm³/mol. The Bertz CT molecular complexity index is 1020. The maximum atomic E-state index is 13.2. The van der Waals surface area contributed by atoms with E-state index < -0.39 is 11.7 Å². The van der Waals surface area contributed by atoms with E-state index in [9.17, 15) is 14.0 Å². The van der Waals surface area contributed by atoms with Crippen LogP contribution in [-0.4, -0.2) is 41.9 Å². The van der Waals surface area contributed by atoms with Crippen molar-refractivity contribution in [3.8, 4) is 16.3 Å². The van der Waals surface area contributed by atoms with Gasteiger partial charge in [-0.05, 0) is 49.4 Å². The van der Waals surface area contributed by atoms with Gasteiger partial charge < -0.3 is 15.0 Å². The normalized spacial score (nSPS) is 10.5.